The summed E-state index contributed by atoms with van der Waals surface area (Å²) in [7, 11) is 0. The highest BCUT2D eigenvalue weighted by atomic mass is 16.7. The molecule has 1 aromatic rings. The van der Waals surface area contributed by atoms with Crippen molar-refractivity contribution in [2.75, 3.05) is 37.6 Å². The third-order valence-corrected chi connectivity index (χ3v) is 5.98. The molecule has 1 unspecified atom stereocenters. The minimum absolute atomic E-state index is 0.0380. The first-order valence-corrected chi connectivity index (χ1v) is 10.2. The summed E-state index contributed by atoms with van der Waals surface area (Å²) in [5.74, 6) is -0.222. The molecule has 11 nitrogen and oxygen atoms in total. The predicted octanol–water partition coefficient (Wildman–Crippen LogP) is 0.952. The fraction of sp³-hybridized carbons (Fsp3) is 0.632. The third kappa shape index (κ3) is 4.39. The third-order valence-electron chi connectivity index (χ3n) is 5.98. The highest BCUT2D eigenvalue weighted by Crippen LogP contribution is 2.26. The molecule has 2 amide bonds. The van der Waals surface area contributed by atoms with Crippen LogP contribution in [0.4, 0.5) is 15.3 Å². The number of amides is 2. The van der Waals surface area contributed by atoms with Gasteiger partial charge in [0, 0.05) is 45.1 Å². The molecule has 4 rings (SSSR count). The molecule has 3 saturated heterocycles. The number of anilines is 1. The number of likely N-dealkylation sites (tertiary alicyclic amines) is 1. The summed E-state index contributed by atoms with van der Waals surface area (Å²) >= 11 is 0. The number of nitrogens with zero attached hydrogens (tertiary/aromatic N) is 5. The van der Waals surface area contributed by atoms with Crippen LogP contribution < -0.4 is 4.90 Å². The van der Waals surface area contributed by atoms with Crippen LogP contribution in [0.5, 0.6) is 0 Å². The van der Waals surface area contributed by atoms with E-state index < -0.39 is 24.5 Å². The lowest BCUT2D eigenvalue weighted by atomic mass is 10.0. The largest absolute Gasteiger partial charge is 0.506 e. The molecule has 3 aliphatic rings. The molecule has 0 radical (unpaired) electrons. The molecule has 0 spiro atoms. The molecular formula is C19H25N5O6. The van der Waals surface area contributed by atoms with Crippen molar-refractivity contribution < 1.29 is 29.0 Å². The summed E-state index contributed by atoms with van der Waals surface area (Å²) in [6, 6.07) is 1.95. The van der Waals surface area contributed by atoms with E-state index in [-0.39, 0.29) is 18.5 Å². The van der Waals surface area contributed by atoms with Crippen molar-refractivity contribution in [3.8, 4) is 0 Å². The predicted molar refractivity (Wildman–Crippen MR) is 103 cm³/mol. The van der Waals surface area contributed by atoms with Gasteiger partial charge in [-0.25, -0.2) is 9.59 Å². The maximum atomic E-state index is 12.8. The van der Waals surface area contributed by atoms with Gasteiger partial charge in [0.05, 0.1) is 24.6 Å². The number of ether oxygens (including phenoxy) is 2. The molecule has 1 N–H and O–H groups in total. The Kier molecular flexibility index (Phi) is 5.86. The summed E-state index contributed by atoms with van der Waals surface area (Å²) in [6.45, 7) is 2.61. The number of hydrogen-bond donors (Lipinski definition) is 1. The molecule has 11 heteroatoms. The van der Waals surface area contributed by atoms with Crippen molar-refractivity contribution in [2.24, 2.45) is 0 Å². The quantitative estimate of drug-likeness (QED) is 0.710. The number of cyclic esters (lactones) is 1. The first kappa shape index (κ1) is 20.2. The van der Waals surface area contributed by atoms with Crippen LogP contribution in [0.15, 0.2) is 18.5 Å². The summed E-state index contributed by atoms with van der Waals surface area (Å²) in [6.07, 6.45) is 2.91. The van der Waals surface area contributed by atoms with E-state index in [0.29, 0.717) is 25.9 Å². The topological polar surface area (TPSA) is 125 Å². The van der Waals surface area contributed by atoms with E-state index in [2.05, 4.69) is 15.1 Å². The van der Waals surface area contributed by atoms with Crippen molar-refractivity contribution in [3.63, 3.8) is 0 Å². The van der Waals surface area contributed by atoms with Gasteiger partial charge in [-0.05, 0) is 18.9 Å². The zero-order chi connectivity index (χ0) is 21.1. The highest BCUT2D eigenvalue weighted by molar-refractivity contribution is 5.86. The first-order chi connectivity index (χ1) is 14.5. The van der Waals surface area contributed by atoms with Gasteiger partial charge in [-0.15, -0.1) is 0 Å². The van der Waals surface area contributed by atoms with E-state index in [1.165, 1.54) is 0 Å². The fourth-order valence-electron chi connectivity index (χ4n) is 4.35. The summed E-state index contributed by atoms with van der Waals surface area (Å²) < 4.78 is 10.2. The van der Waals surface area contributed by atoms with Crippen LogP contribution >= 0.6 is 0 Å². The molecular weight excluding hydrogens is 394 g/mol. The Morgan fingerprint density at radius 3 is 2.47 bits per heavy atom. The van der Waals surface area contributed by atoms with Crippen LogP contribution in [0.25, 0.3) is 0 Å². The van der Waals surface area contributed by atoms with Crippen LogP contribution in [-0.4, -0.2) is 94.2 Å². The second-order valence-electron chi connectivity index (χ2n) is 7.75. The monoisotopic (exact) mass is 419 g/mol. The molecule has 0 aliphatic carbocycles. The van der Waals surface area contributed by atoms with E-state index in [4.69, 9.17) is 14.6 Å². The lowest BCUT2D eigenvalue weighted by molar-refractivity contribution is -0.140. The van der Waals surface area contributed by atoms with E-state index >= 15 is 0 Å². The average Bonchev–Trinajstić information content (AvgIpc) is 3.16. The average molecular weight is 419 g/mol. The lowest BCUT2D eigenvalue weighted by Gasteiger charge is -2.36. The SMILES string of the molecule is O=C(O)OC1CCN(C(=O)C2CN(C3CCN(c4ccnnc4)CC3)C(=O)O2)CC1. The minimum atomic E-state index is -1.30. The number of rotatable bonds is 4. The standard InChI is InChI=1S/C19H25N5O6/c25-17(23-9-4-15(5-10-23)29-19(27)28)16-12-24(18(26)30-16)13-2-7-22(8-3-13)14-1-6-20-21-11-14/h1,6,11,13,15-16H,2-5,7-10,12H2,(H,27,28). The van der Waals surface area contributed by atoms with Crippen LogP contribution in [0, 0.1) is 0 Å². The Bertz CT molecular complexity index is 777. The number of carbonyl (C=O) groups is 3. The number of aromatic nitrogens is 2. The van der Waals surface area contributed by atoms with Gasteiger partial charge in [-0.2, -0.15) is 10.2 Å². The second kappa shape index (κ2) is 8.72. The van der Waals surface area contributed by atoms with Gasteiger partial charge in [0.15, 0.2) is 6.10 Å². The van der Waals surface area contributed by atoms with Crippen LogP contribution in [0.3, 0.4) is 0 Å². The summed E-state index contributed by atoms with van der Waals surface area (Å²) in [5.41, 5.74) is 1.01. The highest BCUT2D eigenvalue weighted by Gasteiger charge is 2.42. The van der Waals surface area contributed by atoms with Crippen LogP contribution in [0.1, 0.15) is 25.7 Å². The normalized spacial score (nSPS) is 23.4. The van der Waals surface area contributed by atoms with Crippen molar-refractivity contribution in [1.82, 2.24) is 20.0 Å². The van der Waals surface area contributed by atoms with E-state index in [1.54, 1.807) is 22.2 Å². The Morgan fingerprint density at radius 2 is 1.83 bits per heavy atom. The van der Waals surface area contributed by atoms with Crippen LogP contribution in [0.2, 0.25) is 0 Å². The Balaban J connectivity index is 1.27. The molecule has 0 aromatic carbocycles. The van der Waals surface area contributed by atoms with E-state index in [0.717, 1.165) is 31.6 Å². The molecule has 1 aromatic heterocycles. The molecule has 30 heavy (non-hydrogen) atoms. The van der Waals surface area contributed by atoms with Crippen molar-refractivity contribution in [1.29, 1.82) is 0 Å². The second-order valence-corrected chi connectivity index (χ2v) is 7.75. The summed E-state index contributed by atoms with van der Waals surface area (Å²) in [5, 5.41) is 16.4. The molecule has 1 atom stereocenters. The number of hydrogen-bond acceptors (Lipinski definition) is 8. The fourth-order valence-corrected chi connectivity index (χ4v) is 4.35. The minimum Gasteiger partial charge on any atom is -0.450 e. The van der Waals surface area contributed by atoms with Gasteiger partial charge in [0.1, 0.15) is 6.10 Å². The molecule has 3 aliphatic heterocycles. The van der Waals surface area contributed by atoms with Gasteiger partial charge in [-0.3, -0.25) is 4.79 Å². The van der Waals surface area contributed by atoms with Crippen molar-refractivity contribution in [2.45, 2.75) is 43.9 Å². The summed E-state index contributed by atoms with van der Waals surface area (Å²) in [4.78, 5) is 41.3. The van der Waals surface area contributed by atoms with Crippen molar-refractivity contribution in [3.05, 3.63) is 18.5 Å². The Morgan fingerprint density at radius 1 is 1.10 bits per heavy atom. The van der Waals surface area contributed by atoms with Gasteiger partial charge in [-0.1, -0.05) is 0 Å². The number of piperidine rings is 2. The van der Waals surface area contributed by atoms with Crippen molar-refractivity contribution >= 4 is 23.8 Å². The molecule has 3 fully saturated rings. The van der Waals surface area contributed by atoms with E-state index in [9.17, 15) is 14.4 Å². The van der Waals surface area contributed by atoms with Gasteiger partial charge in [0.2, 0.25) is 0 Å². The molecule has 0 bridgehead atoms. The Hall–Kier alpha value is -3.11. The van der Waals surface area contributed by atoms with Gasteiger partial charge in [0.25, 0.3) is 5.91 Å². The number of carbonyl (C=O) groups excluding carboxylic acids is 2. The molecule has 4 heterocycles. The smallest absolute Gasteiger partial charge is 0.450 e. The maximum Gasteiger partial charge on any atom is 0.506 e. The van der Waals surface area contributed by atoms with E-state index in [1.807, 2.05) is 6.07 Å². The maximum absolute atomic E-state index is 12.8. The zero-order valence-corrected chi connectivity index (χ0v) is 16.6. The first-order valence-electron chi connectivity index (χ1n) is 10.2. The zero-order valence-electron chi connectivity index (χ0n) is 16.6. The van der Waals surface area contributed by atoms with Gasteiger partial charge < -0.3 is 29.3 Å². The van der Waals surface area contributed by atoms with Crippen LogP contribution in [-0.2, 0) is 14.3 Å². The lowest BCUT2D eigenvalue weighted by Crippen LogP contribution is -2.48. The molecule has 162 valence electrons. The molecule has 0 saturated carbocycles. The van der Waals surface area contributed by atoms with Gasteiger partial charge >= 0.3 is 12.2 Å². The number of carboxylic acid groups (broad SMARTS) is 1. The Labute approximate surface area is 173 Å².